The second-order valence-corrected chi connectivity index (χ2v) is 4.86. The van der Waals surface area contributed by atoms with Gasteiger partial charge in [-0.25, -0.2) is 0 Å². The number of aromatic nitrogens is 2. The molecule has 0 aliphatic heterocycles. The van der Waals surface area contributed by atoms with Crippen molar-refractivity contribution >= 4 is 21.8 Å². The van der Waals surface area contributed by atoms with E-state index in [9.17, 15) is 4.79 Å². The van der Waals surface area contributed by atoms with Gasteiger partial charge in [0.25, 0.3) is 5.91 Å². The van der Waals surface area contributed by atoms with Crippen molar-refractivity contribution < 1.29 is 4.79 Å². The van der Waals surface area contributed by atoms with Gasteiger partial charge in [-0.3, -0.25) is 4.79 Å². The SMILES string of the molecule is Cn1cccc1CNC(=O)c1cc(Br)cn1C. The highest BCUT2D eigenvalue weighted by Crippen LogP contribution is 2.13. The maximum absolute atomic E-state index is 11.9. The summed E-state index contributed by atoms with van der Waals surface area (Å²) in [4.78, 5) is 11.9. The molecule has 0 saturated heterocycles. The fourth-order valence-electron chi connectivity index (χ4n) is 1.69. The first-order chi connectivity index (χ1) is 8.08. The van der Waals surface area contributed by atoms with Crippen LogP contribution < -0.4 is 5.32 Å². The van der Waals surface area contributed by atoms with Gasteiger partial charge in [-0.2, -0.15) is 0 Å². The minimum absolute atomic E-state index is 0.0700. The lowest BCUT2D eigenvalue weighted by Gasteiger charge is -2.06. The molecule has 2 aromatic heterocycles. The number of carbonyl (C=O) groups excluding carboxylic acids is 1. The van der Waals surface area contributed by atoms with Crippen LogP contribution in [0.1, 0.15) is 16.2 Å². The van der Waals surface area contributed by atoms with E-state index < -0.39 is 0 Å². The van der Waals surface area contributed by atoms with Crippen LogP contribution in [0.5, 0.6) is 0 Å². The van der Waals surface area contributed by atoms with Crippen molar-refractivity contribution in [2.75, 3.05) is 0 Å². The van der Waals surface area contributed by atoms with Crippen LogP contribution in [-0.2, 0) is 20.6 Å². The monoisotopic (exact) mass is 295 g/mol. The van der Waals surface area contributed by atoms with Crippen molar-refractivity contribution in [2.24, 2.45) is 14.1 Å². The fraction of sp³-hybridized carbons (Fsp3) is 0.250. The number of nitrogens with zero attached hydrogens (tertiary/aromatic N) is 2. The van der Waals surface area contributed by atoms with Gasteiger partial charge >= 0.3 is 0 Å². The van der Waals surface area contributed by atoms with Crippen LogP contribution >= 0.6 is 15.9 Å². The van der Waals surface area contributed by atoms with E-state index in [4.69, 9.17) is 0 Å². The zero-order chi connectivity index (χ0) is 12.4. The summed E-state index contributed by atoms with van der Waals surface area (Å²) in [7, 11) is 3.81. The molecule has 0 spiro atoms. The van der Waals surface area contributed by atoms with Gasteiger partial charge in [0.05, 0.1) is 6.54 Å². The van der Waals surface area contributed by atoms with E-state index in [1.807, 2.05) is 43.2 Å². The van der Waals surface area contributed by atoms with Crippen LogP contribution in [0.15, 0.2) is 35.1 Å². The summed E-state index contributed by atoms with van der Waals surface area (Å²) in [6.07, 6.45) is 3.82. The quantitative estimate of drug-likeness (QED) is 0.925. The number of halogens is 1. The molecular weight excluding hydrogens is 282 g/mol. The normalized spacial score (nSPS) is 10.5. The predicted molar refractivity (Wildman–Crippen MR) is 69.7 cm³/mol. The van der Waals surface area contributed by atoms with E-state index in [2.05, 4.69) is 21.2 Å². The maximum Gasteiger partial charge on any atom is 0.268 e. The number of nitrogens with one attached hydrogen (secondary N) is 1. The summed E-state index contributed by atoms with van der Waals surface area (Å²) in [5.74, 6) is -0.0700. The second-order valence-electron chi connectivity index (χ2n) is 3.95. The molecular formula is C12H14BrN3O. The molecule has 2 rings (SSSR count). The van der Waals surface area contributed by atoms with Crippen molar-refractivity contribution in [3.8, 4) is 0 Å². The van der Waals surface area contributed by atoms with Gasteiger partial charge in [0.2, 0.25) is 0 Å². The van der Waals surface area contributed by atoms with Crippen LogP contribution in [-0.4, -0.2) is 15.0 Å². The fourth-order valence-corrected chi connectivity index (χ4v) is 2.22. The molecule has 2 aromatic rings. The third-order valence-corrected chi connectivity index (χ3v) is 3.12. The van der Waals surface area contributed by atoms with Crippen molar-refractivity contribution in [1.29, 1.82) is 0 Å². The summed E-state index contributed by atoms with van der Waals surface area (Å²) in [5.41, 5.74) is 1.72. The zero-order valence-electron chi connectivity index (χ0n) is 9.77. The predicted octanol–water partition coefficient (Wildman–Crippen LogP) is 2.06. The average molecular weight is 296 g/mol. The number of aryl methyl sites for hydroxylation is 2. The van der Waals surface area contributed by atoms with E-state index in [1.54, 1.807) is 10.6 Å². The van der Waals surface area contributed by atoms with Crippen LogP contribution in [0, 0.1) is 0 Å². The topological polar surface area (TPSA) is 39.0 Å². The van der Waals surface area contributed by atoms with Gasteiger partial charge in [0.15, 0.2) is 0 Å². The molecule has 0 bridgehead atoms. The minimum atomic E-state index is -0.0700. The lowest BCUT2D eigenvalue weighted by atomic mass is 10.3. The average Bonchev–Trinajstić information content (AvgIpc) is 2.81. The van der Waals surface area contributed by atoms with Gasteiger partial charge in [-0.05, 0) is 34.1 Å². The van der Waals surface area contributed by atoms with Gasteiger partial charge < -0.3 is 14.5 Å². The molecule has 17 heavy (non-hydrogen) atoms. The molecule has 5 heteroatoms. The number of carbonyl (C=O) groups is 1. The van der Waals surface area contributed by atoms with E-state index in [-0.39, 0.29) is 5.91 Å². The lowest BCUT2D eigenvalue weighted by Crippen LogP contribution is -2.25. The van der Waals surface area contributed by atoms with Crippen molar-refractivity contribution in [1.82, 2.24) is 14.5 Å². The third-order valence-electron chi connectivity index (χ3n) is 2.69. The van der Waals surface area contributed by atoms with Gasteiger partial charge in [-0.15, -0.1) is 0 Å². The summed E-state index contributed by atoms with van der Waals surface area (Å²) >= 11 is 3.35. The summed E-state index contributed by atoms with van der Waals surface area (Å²) in [5, 5.41) is 2.89. The first-order valence-corrected chi connectivity index (χ1v) is 6.07. The number of hydrogen-bond donors (Lipinski definition) is 1. The standard InChI is InChI=1S/C12H14BrN3O/c1-15-5-3-4-10(15)7-14-12(17)11-6-9(13)8-16(11)2/h3-6,8H,7H2,1-2H3,(H,14,17). The Morgan fingerprint density at radius 2 is 2.18 bits per heavy atom. The molecule has 0 radical (unpaired) electrons. The molecule has 0 atom stereocenters. The first-order valence-electron chi connectivity index (χ1n) is 5.28. The van der Waals surface area contributed by atoms with E-state index >= 15 is 0 Å². The number of rotatable bonds is 3. The highest BCUT2D eigenvalue weighted by molar-refractivity contribution is 9.10. The highest BCUT2D eigenvalue weighted by atomic mass is 79.9. The maximum atomic E-state index is 11.9. The van der Waals surface area contributed by atoms with Gasteiger partial charge in [-0.1, -0.05) is 0 Å². The molecule has 0 aliphatic carbocycles. The largest absolute Gasteiger partial charge is 0.353 e. The van der Waals surface area contributed by atoms with Crippen molar-refractivity contribution in [3.63, 3.8) is 0 Å². The zero-order valence-corrected chi connectivity index (χ0v) is 11.4. The Morgan fingerprint density at radius 3 is 2.71 bits per heavy atom. The van der Waals surface area contributed by atoms with Crippen molar-refractivity contribution in [3.05, 3.63) is 46.5 Å². The molecule has 2 heterocycles. The molecule has 1 amide bonds. The first kappa shape index (κ1) is 12.0. The molecule has 4 nitrogen and oxygen atoms in total. The molecule has 0 fully saturated rings. The Bertz CT molecular complexity index is 542. The molecule has 0 aliphatic rings. The number of hydrogen-bond acceptors (Lipinski definition) is 1. The minimum Gasteiger partial charge on any atom is -0.353 e. The second kappa shape index (κ2) is 4.79. The van der Waals surface area contributed by atoms with E-state index in [0.717, 1.165) is 10.2 Å². The van der Waals surface area contributed by atoms with Crippen LogP contribution in [0.4, 0.5) is 0 Å². The molecule has 0 unspecified atom stereocenters. The summed E-state index contributed by atoms with van der Waals surface area (Å²) in [6, 6.07) is 5.75. The molecule has 90 valence electrons. The Kier molecular flexibility index (Phi) is 3.38. The van der Waals surface area contributed by atoms with E-state index in [1.165, 1.54) is 0 Å². The smallest absolute Gasteiger partial charge is 0.268 e. The molecule has 0 aromatic carbocycles. The summed E-state index contributed by atoms with van der Waals surface area (Å²) in [6.45, 7) is 0.533. The Balaban J connectivity index is 2.03. The Hall–Kier alpha value is -1.49. The van der Waals surface area contributed by atoms with E-state index in [0.29, 0.717) is 12.2 Å². The Morgan fingerprint density at radius 1 is 1.41 bits per heavy atom. The Labute approximate surface area is 108 Å². The molecule has 0 saturated carbocycles. The van der Waals surface area contributed by atoms with Crippen LogP contribution in [0.25, 0.3) is 0 Å². The molecule has 1 N–H and O–H groups in total. The van der Waals surface area contributed by atoms with Gasteiger partial charge in [0, 0.05) is 36.7 Å². The van der Waals surface area contributed by atoms with Crippen LogP contribution in [0.2, 0.25) is 0 Å². The van der Waals surface area contributed by atoms with Crippen LogP contribution in [0.3, 0.4) is 0 Å². The lowest BCUT2D eigenvalue weighted by molar-refractivity contribution is 0.0942. The van der Waals surface area contributed by atoms with Crippen molar-refractivity contribution in [2.45, 2.75) is 6.54 Å². The highest BCUT2D eigenvalue weighted by Gasteiger charge is 2.10. The number of amides is 1. The van der Waals surface area contributed by atoms with Gasteiger partial charge in [0.1, 0.15) is 5.69 Å². The summed E-state index contributed by atoms with van der Waals surface area (Å²) < 4.78 is 4.69. The third kappa shape index (κ3) is 2.61.